The number of nitrogens with zero attached hydrogens (tertiary/aromatic N) is 1. The SMILES string of the molecule is CNCc1cc(Oc2ccc(Cl)cc2Br)nc(C(C)C)c1. The Morgan fingerprint density at radius 1 is 1.29 bits per heavy atom. The average Bonchev–Trinajstić information content (AvgIpc) is 2.42. The molecule has 0 atom stereocenters. The van der Waals surface area contributed by atoms with Crippen molar-refractivity contribution in [3.05, 3.63) is 51.1 Å². The Bertz CT molecular complexity index is 632. The molecule has 0 bridgehead atoms. The third-order valence-electron chi connectivity index (χ3n) is 2.96. The van der Waals surface area contributed by atoms with Crippen LogP contribution < -0.4 is 10.1 Å². The summed E-state index contributed by atoms with van der Waals surface area (Å²) >= 11 is 9.40. The van der Waals surface area contributed by atoms with Crippen LogP contribution in [0.4, 0.5) is 0 Å². The van der Waals surface area contributed by atoms with Crippen molar-refractivity contribution in [2.75, 3.05) is 7.05 Å². The fourth-order valence-corrected chi connectivity index (χ4v) is 2.67. The molecule has 0 aliphatic carbocycles. The van der Waals surface area contributed by atoms with Crippen molar-refractivity contribution in [3.63, 3.8) is 0 Å². The molecule has 1 aromatic carbocycles. The lowest BCUT2D eigenvalue weighted by Crippen LogP contribution is -2.07. The van der Waals surface area contributed by atoms with Crippen molar-refractivity contribution in [1.29, 1.82) is 0 Å². The van der Waals surface area contributed by atoms with Crippen molar-refractivity contribution in [2.45, 2.75) is 26.3 Å². The molecule has 1 aromatic heterocycles. The summed E-state index contributed by atoms with van der Waals surface area (Å²) in [4.78, 5) is 4.57. The number of benzene rings is 1. The minimum Gasteiger partial charge on any atom is -0.438 e. The van der Waals surface area contributed by atoms with Gasteiger partial charge < -0.3 is 10.1 Å². The number of hydrogen-bond donors (Lipinski definition) is 1. The Hall–Kier alpha value is -1.10. The summed E-state index contributed by atoms with van der Waals surface area (Å²) in [6.45, 7) is 5.02. The van der Waals surface area contributed by atoms with Gasteiger partial charge in [0.1, 0.15) is 5.75 Å². The third-order valence-corrected chi connectivity index (χ3v) is 3.82. The zero-order chi connectivity index (χ0) is 15.4. The predicted molar refractivity (Wildman–Crippen MR) is 90.3 cm³/mol. The number of halogens is 2. The van der Waals surface area contributed by atoms with Crippen LogP contribution in [0.3, 0.4) is 0 Å². The molecule has 0 saturated heterocycles. The lowest BCUT2D eigenvalue weighted by Gasteiger charge is -2.12. The van der Waals surface area contributed by atoms with Gasteiger partial charge in [0.25, 0.3) is 0 Å². The Morgan fingerprint density at radius 3 is 2.67 bits per heavy atom. The lowest BCUT2D eigenvalue weighted by molar-refractivity contribution is 0.455. The fourth-order valence-electron chi connectivity index (χ4n) is 1.91. The largest absolute Gasteiger partial charge is 0.438 e. The molecule has 3 nitrogen and oxygen atoms in total. The molecular formula is C16H18BrClN2O. The zero-order valence-corrected chi connectivity index (χ0v) is 14.6. The predicted octanol–water partition coefficient (Wildman–Crippen LogP) is 5.13. The summed E-state index contributed by atoms with van der Waals surface area (Å²) in [5.41, 5.74) is 2.17. The van der Waals surface area contributed by atoms with Crippen LogP contribution in [0.15, 0.2) is 34.8 Å². The minimum atomic E-state index is 0.345. The van der Waals surface area contributed by atoms with E-state index in [9.17, 15) is 0 Å². The van der Waals surface area contributed by atoms with E-state index in [1.54, 1.807) is 12.1 Å². The first-order valence-electron chi connectivity index (χ1n) is 6.78. The van der Waals surface area contributed by atoms with Crippen LogP contribution in [0.5, 0.6) is 11.6 Å². The first-order valence-corrected chi connectivity index (χ1v) is 7.95. The number of pyridine rings is 1. The van der Waals surface area contributed by atoms with Gasteiger partial charge in [-0.3, -0.25) is 0 Å². The van der Waals surface area contributed by atoms with E-state index in [2.05, 4.69) is 46.1 Å². The van der Waals surface area contributed by atoms with Crippen molar-refractivity contribution in [2.24, 2.45) is 0 Å². The van der Waals surface area contributed by atoms with Gasteiger partial charge in [0.15, 0.2) is 0 Å². The molecule has 0 spiro atoms. The van der Waals surface area contributed by atoms with E-state index in [1.807, 2.05) is 19.2 Å². The minimum absolute atomic E-state index is 0.345. The van der Waals surface area contributed by atoms with Gasteiger partial charge >= 0.3 is 0 Å². The second-order valence-corrected chi connectivity index (χ2v) is 6.39. The van der Waals surface area contributed by atoms with Crippen LogP contribution in [-0.4, -0.2) is 12.0 Å². The third kappa shape index (κ3) is 4.43. The maximum absolute atomic E-state index is 5.94. The Morgan fingerprint density at radius 2 is 2.05 bits per heavy atom. The molecule has 0 aliphatic rings. The Labute approximate surface area is 138 Å². The molecule has 5 heteroatoms. The van der Waals surface area contributed by atoms with Crippen LogP contribution in [0.1, 0.15) is 31.0 Å². The number of nitrogens with one attached hydrogen (secondary N) is 1. The molecule has 2 aromatic rings. The maximum Gasteiger partial charge on any atom is 0.219 e. The van der Waals surface area contributed by atoms with Gasteiger partial charge in [-0.15, -0.1) is 0 Å². The molecular weight excluding hydrogens is 352 g/mol. The Kier molecular flexibility index (Phi) is 5.62. The van der Waals surface area contributed by atoms with E-state index >= 15 is 0 Å². The van der Waals surface area contributed by atoms with Crippen LogP contribution in [0.25, 0.3) is 0 Å². The van der Waals surface area contributed by atoms with Gasteiger partial charge in [-0.1, -0.05) is 25.4 Å². The molecule has 1 heterocycles. The quantitative estimate of drug-likeness (QED) is 0.793. The van der Waals surface area contributed by atoms with Crippen LogP contribution >= 0.6 is 27.5 Å². The van der Waals surface area contributed by atoms with Crippen LogP contribution in [-0.2, 0) is 6.54 Å². The summed E-state index contributed by atoms with van der Waals surface area (Å²) in [6.07, 6.45) is 0. The highest BCUT2D eigenvalue weighted by Gasteiger charge is 2.09. The number of hydrogen-bond acceptors (Lipinski definition) is 3. The molecule has 0 fully saturated rings. The number of ether oxygens (including phenoxy) is 1. The van der Waals surface area contributed by atoms with Gasteiger partial charge in [-0.05, 0) is 58.7 Å². The molecule has 0 amide bonds. The molecule has 2 rings (SSSR count). The van der Waals surface area contributed by atoms with Gasteiger partial charge in [-0.25, -0.2) is 4.98 Å². The maximum atomic E-state index is 5.94. The Balaban J connectivity index is 2.33. The topological polar surface area (TPSA) is 34.1 Å². The van der Waals surface area contributed by atoms with Crippen molar-refractivity contribution < 1.29 is 4.74 Å². The fraction of sp³-hybridized carbons (Fsp3) is 0.312. The van der Waals surface area contributed by atoms with Crippen molar-refractivity contribution >= 4 is 27.5 Å². The smallest absolute Gasteiger partial charge is 0.219 e. The van der Waals surface area contributed by atoms with Gasteiger partial charge in [0.2, 0.25) is 5.88 Å². The van der Waals surface area contributed by atoms with Gasteiger partial charge in [0.05, 0.1) is 4.47 Å². The monoisotopic (exact) mass is 368 g/mol. The second-order valence-electron chi connectivity index (χ2n) is 5.10. The summed E-state index contributed by atoms with van der Waals surface area (Å²) in [6, 6.07) is 9.47. The van der Waals surface area contributed by atoms with Gasteiger partial charge in [0, 0.05) is 23.3 Å². The highest BCUT2D eigenvalue weighted by atomic mass is 79.9. The number of aromatic nitrogens is 1. The molecule has 21 heavy (non-hydrogen) atoms. The van der Waals surface area contributed by atoms with Crippen molar-refractivity contribution in [3.8, 4) is 11.6 Å². The lowest BCUT2D eigenvalue weighted by atomic mass is 10.1. The van der Waals surface area contributed by atoms with Gasteiger partial charge in [-0.2, -0.15) is 0 Å². The standard InChI is InChI=1S/C16H18BrClN2O/c1-10(2)14-6-11(9-19-3)7-16(20-14)21-15-5-4-12(18)8-13(15)17/h4-8,10,19H,9H2,1-3H3. The van der Waals surface area contributed by atoms with E-state index in [4.69, 9.17) is 16.3 Å². The second kappa shape index (κ2) is 7.25. The highest BCUT2D eigenvalue weighted by molar-refractivity contribution is 9.10. The first kappa shape index (κ1) is 16.3. The van der Waals surface area contributed by atoms with Crippen LogP contribution in [0, 0.1) is 0 Å². The summed E-state index contributed by atoms with van der Waals surface area (Å²) in [5.74, 6) is 1.63. The number of rotatable bonds is 5. The van der Waals surface area contributed by atoms with E-state index < -0.39 is 0 Å². The van der Waals surface area contributed by atoms with Crippen molar-refractivity contribution in [1.82, 2.24) is 10.3 Å². The van der Waals surface area contributed by atoms with E-state index in [0.29, 0.717) is 22.6 Å². The molecule has 0 saturated carbocycles. The highest BCUT2D eigenvalue weighted by Crippen LogP contribution is 2.32. The summed E-state index contributed by atoms with van der Waals surface area (Å²) < 4.78 is 6.70. The zero-order valence-electron chi connectivity index (χ0n) is 12.3. The van der Waals surface area contributed by atoms with E-state index in [1.165, 1.54) is 0 Å². The van der Waals surface area contributed by atoms with E-state index in [0.717, 1.165) is 22.3 Å². The van der Waals surface area contributed by atoms with Crippen LogP contribution in [0.2, 0.25) is 5.02 Å². The molecule has 0 unspecified atom stereocenters. The normalized spacial score (nSPS) is 11.0. The molecule has 0 radical (unpaired) electrons. The first-order chi connectivity index (χ1) is 9.99. The average molecular weight is 370 g/mol. The summed E-state index contributed by atoms with van der Waals surface area (Å²) in [7, 11) is 1.92. The molecule has 112 valence electrons. The molecule has 1 N–H and O–H groups in total. The molecule has 0 aliphatic heterocycles. The summed E-state index contributed by atoms with van der Waals surface area (Å²) in [5, 5.41) is 3.81. The van der Waals surface area contributed by atoms with E-state index in [-0.39, 0.29) is 0 Å².